The van der Waals surface area contributed by atoms with Gasteiger partial charge in [0.1, 0.15) is 5.75 Å². The Morgan fingerprint density at radius 1 is 0.750 bits per heavy atom. The predicted octanol–water partition coefficient (Wildman–Crippen LogP) is 7.70. The van der Waals surface area contributed by atoms with Crippen molar-refractivity contribution in [2.75, 3.05) is 0 Å². The zero-order valence-electron chi connectivity index (χ0n) is 18.7. The van der Waals surface area contributed by atoms with Crippen molar-refractivity contribution >= 4 is 0 Å². The van der Waals surface area contributed by atoms with Gasteiger partial charge in [-0.05, 0) is 51.8 Å². The molecule has 0 bridgehead atoms. The number of rotatable bonds is 3. The van der Waals surface area contributed by atoms with Crippen molar-refractivity contribution in [2.45, 2.75) is 90.4 Å². The Balaban J connectivity index is 2.21. The first-order chi connectivity index (χ1) is 13.1. The second-order valence-electron chi connectivity index (χ2n) is 10.8. The maximum atomic E-state index is 11.1. The number of phenols is 1. The van der Waals surface area contributed by atoms with E-state index in [0.717, 1.165) is 11.1 Å². The molecule has 1 unspecified atom stereocenters. The lowest BCUT2D eigenvalue weighted by atomic mass is 9.70. The topological polar surface area (TPSA) is 20.2 Å². The van der Waals surface area contributed by atoms with Crippen molar-refractivity contribution in [3.05, 3.63) is 64.7 Å². The Morgan fingerprint density at radius 2 is 1.25 bits per heavy atom. The lowest BCUT2D eigenvalue weighted by Crippen LogP contribution is -2.22. The lowest BCUT2D eigenvalue weighted by molar-refractivity contribution is 0.326. The van der Waals surface area contributed by atoms with Crippen LogP contribution in [0.2, 0.25) is 0 Å². The van der Waals surface area contributed by atoms with E-state index in [1.165, 1.54) is 43.2 Å². The maximum Gasteiger partial charge on any atom is 0.123 e. The van der Waals surface area contributed by atoms with Gasteiger partial charge in [-0.25, -0.2) is 0 Å². The molecule has 3 rings (SSSR count). The number of benzene rings is 2. The van der Waals surface area contributed by atoms with Gasteiger partial charge >= 0.3 is 0 Å². The van der Waals surface area contributed by atoms with Gasteiger partial charge < -0.3 is 5.11 Å². The van der Waals surface area contributed by atoms with Crippen LogP contribution in [0.1, 0.15) is 102 Å². The Hall–Kier alpha value is -1.76. The molecule has 1 nitrogen and oxygen atoms in total. The fourth-order valence-electron chi connectivity index (χ4n) is 4.84. The van der Waals surface area contributed by atoms with E-state index in [2.05, 4.69) is 84.0 Å². The van der Waals surface area contributed by atoms with Gasteiger partial charge in [0.2, 0.25) is 0 Å². The summed E-state index contributed by atoms with van der Waals surface area (Å²) in [5, 5.41) is 11.1. The molecule has 1 atom stereocenters. The van der Waals surface area contributed by atoms with Crippen LogP contribution in [0.15, 0.2) is 42.5 Å². The summed E-state index contributed by atoms with van der Waals surface area (Å²) in [4.78, 5) is 0. The highest BCUT2D eigenvalue weighted by molar-refractivity contribution is 5.52. The molecule has 1 aliphatic carbocycles. The van der Waals surface area contributed by atoms with Gasteiger partial charge in [-0.3, -0.25) is 0 Å². The van der Waals surface area contributed by atoms with Gasteiger partial charge in [-0.2, -0.15) is 0 Å². The summed E-state index contributed by atoms with van der Waals surface area (Å²) in [6, 6.07) is 15.6. The molecule has 2 aromatic rings. The van der Waals surface area contributed by atoms with Gasteiger partial charge in [-0.1, -0.05) is 103 Å². The van der Waals surface area contributed by atoms with E-state index in [4.69, 9.17) is 0 Å². The van der Waals surface area contributed by atoms with Crippen molar-refractivity contribution in [2.24, 2.45) is 5.92 Å². The van der Waals surface area contributed by atoms with E-state index in [0.29, 0.717) is 17.6 Å². The maximum absolute atomic E-state index is 11.1. The number of aromatic hydroxyl groups is 1. The van der Waals surface area contributed by atoms with Crippen LogP contribution in [0.4, 0.5) is 0 Å². The van der Waals surface area contributed by atoms with Crippen LogP contribution in [0.5, 0.6) is 5.75 Å². The van der Waals surface area contributed by atoms with Crippen LogP contribution < -0.4 is 0 Å². The fraction of sp³-hybridized carbons (Fsp3) is 0.556. The monoisotopic (exact) mass is 378 g/mol. The van der Waals surface area contributed by atoms with E-state index >= 15 is 0 Å². The quantitative estimate of drug-likeness (QED) is 0.580. The third-order valence-electron chi connectivity index (χ3n) is 6.39. The Bertz CT molecular complexity index is 748. The minimum atomic E-state index is -0.0894. The third-order valence-corrected chi connectivity index (χ3v) is 6.39. The molecule has 0 heterocycles. The molecular weight excluding hydrogens is 340 g/mol. The zero-order chi connectivity index (χ0) is 20.5. The van der Waals surface area contributed by atoms with Crippen LogP contribution in [-0.2, 0) is 10.8 Å². The summed E-state index contributed by atoms with van der Waals surface area (Å²) < 4.78 is 0. The largest absolute Gasteiger partial charge is 0.507 e. The SMILES string of the molecule is CC(C)(C)c1cc(C(c2ccccc2)C2CCCCC2)cc(C(C)(C)C)c1O. The lowest BCUT2D eigenvalue weighted by Gasteiger charge is -2.34. The highest BCUT2D eigenvalue weighted by Gasteiger charge is 2.31. The Labute approximate surface area is 172 Å². The average Bonchev–Trinajstić information content (AvgIpc) is 2.63. The summed E-state index contributed by atoms with van der Waals surface area (Å²) in [5.74, 6) is 1.57. The molecule has 0 aromatic heterocycles. The summed E-state index contributed by atoms with van der Waals surface area (Å²) in [6.45, 7) is 13.2. The van der Waals surface area contributed by atoms with Gasteiger partial charge in [0.05, 0.1) is 0 Å². The molecule has 0 saturated heterocycles. The summed E-state index contributed by atoms with van der Waals surface area (Å²) >= 11 is 0. The molecule has 1 aliphatic rings. The van der Waals surface area contributed by atoms with Crippen molar-refractivity contribution in [3.8, 4) is 5.75 Å². The van der Waals surface area contributed by atoms with Crippen LogP contribution in [0, 0.1) is 5.92 Å². The first kappa shape index (κ1) is 21.0. The minimum Gasteiger partial charge on any atom is -0.507 e. The molecule has 0 spiro atoms. The molecule has 0 aliphatic heterocycles. The summed E-state index contributed by atoms with van der Waals surface area (Å²) in [5.41, 5.74) is 4.77. The summed E-state index contributed by atoms with van der Waals surface area (Å²) in [6.07, 6.45) is 6.65. The molecule has 28 heavy (non-hydrogen) atoms. The molecule has 0 radical (unpaired) electrons. The average molecular weight is 379 g/mol. The molecule has 1 saturated carbocycles. The first-order valence-electron chi connectivity index (χ1n) is 11.0. The first-order valence-corrected chi connectivity index (χ1v) is 11.0. The van der Waals surface area contributed by atoms with Crippen LogP contribution in [0.3, 0.4) is 0 Å². The Morgan fingerprint density at radius 3 is 1.71 bits per heavy atom. The van der Waals surface area contributed by atoms with Crippen molar-refractivity contribution in [1.29, 1.82) is 0 Å². The highest BCUT2D eigenvalue weighted by Crippen LogP contribution is 2.46. The molecule has 1 fully saturated rings. The van der Waals surface area contributed by atoms with E-state index < -0.39 is 0 Å². The third kappa shape index (κ3) is 4.45. The van der Waals surface area contributed by atoms with E-state index in [1.54, 1.807) is 0 Å². The zero-order valence-corrected chi connectivity index (χ0v) is 18.7. The molecule has 2 aromatic carbocycles. The molecule has 0 amide bonds. The van der Waals surface area contributed by atoms with Gasteiger partial charge in [0, 0.05) is 5.92 Å². The van der Waals surface area contributed by atoms with Gasteiger partial charge in [-0.15, -0.1) is 0 Å². The smallest absolute Gasteiger partial charge is 0.123 e. The van der Waals surface area contributed by atoms with Gasteiger partial charge in [0.15, 0.2) is 0 Å². The molecule has 152 valence electrons. The molecule has 1 N–H and O–H groups in total. The second-order valence-corrected chi connectivity index (χ2v) is 10.8. The van der Waals surface area contributed by atoms with Crippen LogP contribution in [0.25, 0.3) is 0 Å². The Kier molecular flexibility index (Phi) is 5.94. The van der Waals surface area contributed by atoms with Gasteiger partial charge in [0.25, 0.3) is 0 Å². The number of hydrogen-bond acceptors (Lipinski definition) is 1. The fourth-order valence-corrected chi connectivity index (χ4v) is 4.84. The highest BCUT2D eigenvalue weighted by atomic mass is 16.3. The predicted molar refractivity (Wildman–Crippen MR) is 120 cm³/mol. The standard InChI is InChI=1S/C27H38O/c1-26(2,3)22-17-21(18-23(25(22)28)27(4,5)6)24(19-13-9-7-10-14-19)20-15-11-8-12-16-20/h7,9-10,13-14,17-18,20,24,28H,8,11-12,15-16H2,1-6H3. The molecule has 1 heteroatoms. The van der Waals surface area contributed by atoms with Crippen LogP contribution >= 0.6 is 0 Å². The van der Waals surface area contributed by atoms with Crippen molar-refractivity contribution in [1.82, 2.24) is 0 Å². The van der Waals surface area contributed by atoms with E-state index in [1.807, 2.05) is 0 Å². The van der Waals surface area contributed by atoms with Crippen molar-refractivity contribution < 1.29 is 5.11 Å². The number of hydrogen-bond donors (Lipinski definition) is 1. The van der Waals surface area contributed by atoms with Crippen LogP contribution in [-0.4, -0.2) is 5.11 Å². The van der Waals surface area contributed by atoms with E-state index in [9.17, 15) is 5.11 Å². The van der Waals surface area contributed by atoms with E-state index in [-0.39, 0.29) is 10.8 Å². The second kappa shape index (κ2) is 7.93. The number of phenolic OH excluding ortho intramolecular Hbond substituents is 1. The molecular formula is C27H38O. The minimum absolute atomic E-state index is 0.0894. The normalized spacial score (nSPS) is 17.5. The summed E-state index contributed by atoms with van der Waals surface area (Å²) in [7, 11) is 0. The van der Waals surface area contributed by atoms with Crippen molar-refractivity contribution in [3.63, 3.8) is 0 Å².